The smallest absolute Gasteiger partial charge is 0.304 e. The number of fused-ring (bicyclic) bond motifs is 1. The highest BCUT2D eigenvalue weighted by Gasteiger charge is 2.19. The Morgan fingerprint density at radius 2 is 2.19 bits per heavy atom. The number of carboxylic acid groups (broad SMARTS) is 1. The summed E-state index contributed by atoms with van der Waals surface area (Å²) < 4.78 is 0. The van der Waals surface area contributed by atoms with Gasteiger partial charge in [0.15, 0.2) is 0 Å². The van der Waals surface area contributed by atoms with E-state index in [4.69, 9.17) is 5.11 Å². The Balaban J connectivity index is 2.23. The summed E-state index contributed by atoms with van der Waals surface area (Å²) in [4.78, 5) is 20.8. The number of aliphatic carboxylic acids is 1. The van der Waals surface area contributed by atoms with Crippen LogP contribution in [0.25, 0.3) is 11.0 Å². The van der Waals surface area contributed by atoms with E-state index >= 15 is 0 Å². The molecule has 1 heterocycles. The van der Waals surface area contributed by atoms with Crippen LogP contribution in [-0.2, 0) is 11.2 Å². The van der Waals surface area contributed by atoms with Gasteiger partial charge in [0.25, 0.3) is 0 Å². The predicted molar refractivity (Wildman–Crippen MR) is 83.4 cm³/mol. The van der Waals surface area contributed by atoms with Gasteiger partial charge in [-0.2, -0.15) is 0 Å². The zero-order valence-corrected chi connectivity index (χ0v) is 12.9. The molecule has 0 aliphatic carbocycles. The molecular formula is C16H23N3O2. The highest BCUT2D eigenvalue weighted by atomic mass is 16.4. The first kappa shape index (κ1) is 15.5. The number of carbonyl (C=O) groups is 1. The molecule has 0 amide bonds. The normalized spacial score (nSPS) is 13.0. The molecule has 2 N–H and O–H groups in total. The van der Waals surface area contributed by atoms with Crippen molar-refractivity contribution in [3.8, 4) is 0 Å². The molecule has 1 aromatic carbocycles. The number of aromatic amines is 1. The lowest BCUT2D eigenvalue weighted by Gasteiger charge is -2.24. The largest absolute Gasteiger partial charge is 0.481 e. The summed E-state index contributed by atoms with van der Waals surface area (Å²) >= 11 is 0. The van der Waals surface area contributed by atoms with Gasteiger partial charge in [-0.25, -0.2) is 4.98 Å². The van der Waals surface area contributed by atoms with E-state index in [1.807, 2.05) is 18.0 Å². The number of nitrogens with zero attached hydrogens (tertiary/aromatic N) is 2. The molecule has 0 radical (unpaired) electrons. The van der Waals surface area contributed by atoms with E-state index in [1.165, 1.54) is 5.56 Å². The first-order chi connectivity index (χ1) is 10.0. The van der Waals surface area contributed by atoms with E-state index in [0.717, 1.165) is 29.7 Å². The number of aromatic nitrogens is 2. The second-order valence-corrected chi connectivity index (χ2v) is 5.38. The van der Waals surface area contributed by atoms with E-state index in [0.29, 0.717) is 6.54 Å². The summed E-state index contributed by atoms with van der Waals surface area (Å²) in [5, 5.41) is 8.81. The van der Waals surface area contributed by atoms with Crippen molar-refractivity contribution in [2.45, 2.75) is 39.2 Å². The van der Waals surface area contributed by atoms with E-state index < -0.39 is 5.97 Å². The molecule has 1 aromatic heterocycles. The Bertz CT molecular complexity index is 621. The zero-order valence-electron chi connectivity index (χ0n) is 12.9. The van der Waals surface area contributed by atoms with Crippen LogP contribution in [0.4, 0.5) is 0 Å². The van der Waals surface area contributed by atoms with Crippen molar-refractivity contribution in [3.63, 3.8) is 0 Å². The lowest BCUT2D eigenvalue weighted by molar-refractivity contribution is -0.137. The van der Waals surface area contributed by atoms with Crippen LogP contribution in [0.2, 0.25) is 0 Å². The minimum Gasteiger partial charge on any atom is -0.481 e. The zero-order chi connectivity index (χ0) is 15.4. The summed E-state index contributed by atoms with van der Waals surface area (Å²) in [5.74, 6) is 0.141. The minimum atomic E-state index is -0.770. The fourth-order valence-corrected chi connectivity index (χ4v) is 2.60. The van der Waals surface area contributed by atoms with E-state index in [9.17, 15) is 4.79 Å². The van der Waals surface area contributed by atoms with Crippen LogP contribution in [-0.4, -0.2) is 39.5 Å². The van der Waals surface area contributed by atoms with Crippen LogP contribution in [0.3, 0.4) is 0 Å². The maximum atomic E-state index is 10.7. The van der Waals surface area contributed by atoms with E-state index in [1.54, 1.807) is 0 Å². The van der Waals surface area contributed by atoms with Crippen LogP contribution < -0.4 is 0 Å². The Morgan fingerprint density at radius 1 is 1.43 bits per heavy atom. The second kappa shape index (κ2) is 6.72. The maximum Gasteiger partial charge on any atom is 0.304 e. The number of aryl methyl sites for hydroxylation is 1. The Morgan fingerprint density at radius 3 is 2.81 bits per heavy atom. The van der Waals surface area contributed by atoms with E-state index in [2.05, 4.69) is 35.9 Å². The van der Waals surface area contributed by atoms with Gasteiger partial charge >= 0.3 is 5.97 Å². The van der Waals surface area contributed by atoms with Crippen molar-refractivity contribution in [1.82, 2.24) is 14.9 Å². The molecule has 0 saturated carbocycles. The third-order valence-corrected chi connectivity index (χ3v) is 3.89. The second-order valence-electron chi connectivity index (χ2n) is 5.38. The molecular weight excluding hydrogens is 266 g/mol. The summed E-state index contributed by atoms with van der Waals surface area (Å²) in [5.41, 5.74) is 3.30. The SMILES string of the molecule is CCc1ccc2nc(C(CC)N(C)CCC(=O)O)[nH]c2c1. The van der Waals surface area contributed by atoms with Crippen LogP contribution in [0, 0.1) is 0 Å². The lowest BCUT2D eigenvalue weighted by atomic mass is 10.1. The topological polar surface area (TPSA) is 69.2 Å². The molecule has 0 aliphatic rings. The maximum absolute atomic E-state index is 10.7. The molecule has 0 spiro atoms. The number of H-pyrrole nitrogens is 1. The van der Waals surface area contributed by atoms with Gasteiger partial charge in [0, 0.05) is 6.54 Å². The molecule has 0 fully saturated rings. The highest BCUT2D eigenvalue weighted by Crippen LogP contribution is 2.24. The highest BCUT2D eigenvalue weighted by molar-refractivity contribution is 5.76. The molecule has 5 heteroatoms. The average Bonchev–Trinajstić information content (AvgIpc) is 2.88. The monoisotopic (exact) mass is 289 g/mol. The van der Waals surface area contributed by atoms with Crippen molar-refractivity contribution in [1.29, 1.82) is 0 Å². The Hall–Kier alpha value is -1.88. The predicted octanol–water partition coefficient (Wildman–Crippen LogP) is 2.98. The molecule has 5 nitrogen and oxygen atoms in total. The summed E-state index contributed by atoms with van der Waals surface area (Å²) in [6.07, 6.45) is 2.03. The van der Waals surface area contributed by atoms with Gasteiger partial charge in [-0.15, -0.1) is 0 Å². The minimum absolute atomic E-state index is 0.113. The molecule has 21 heavy (non-hydrogen) atoms. The number of imidazole rings is 1. The molecule has 2 rings (SSSR count). The van der Waals surface area contributed by atoms with Gasteiger partial charge in [0.05, 0.1) is 23.5 Å². The standard InChI is InChI=1S/C16H23N3O2/c1-4-11-6-7-12-13(10-11)18-16(17-12)14(5-2)19(3)9-8-15(20)21/h6-7,10,14H,4-5,8-9H2,1-3H3,(H,17,18)(H,20,21). The number of benzene rings is 1. The number of carboxylic acids is 1. The van der Waals surface area contributed by atoms with Crippen LogP contribution in [0.5, 0.6) is 0 Å². The van der Waals surface area contributed by atoms with Gasteiger partial charge in [0.2, 0.25) is 0 Å². The van der Waals surface area contributed by atoms with Gasteiger partial charge in [-0.1, -0.05) is 19.9 Å². The third kappa shape index (κ3) is 3.61. The van der Waals surface area contributed by atoms with Gasteiger partial charge in [0.1, 0.15) is 5.82 Å². The number of hydrogen-bond acceptors (Lipinski definition) is 3. The molecule has 114 valence electrons. The molecule has 0 bridgehead atoms. The molecule has 1 atom stereocenters. The van der Waals surface area contributed by atoms with Crippen LogP contribution in [0.1, 0.15) is 44.1 Å². The summed E-state index contributed by atoms with van der Waals surface area (Å²) in [6.45, 7) is 4.74. The number of nitrogens with one attached hydrogen (secondary N) is 1. The van der Waals surface area contributed by atoms with Gasteiger partial charge in [-0.05, 0) is 37.6 Å². The summed E-state index contributed by atoms with van der Waals surface area (Å²) in [6, 6.07) is 6.39. The molecule has 1 unspecified atom stereocenters. The van der Waals surface area contributed by atoms with E-state index in [-0.39, 0.29) is 12.5 Å². The van der Waals surface area contributed by atoms with Crippen LogP contribution >= 0.6 is 0 Å². The number of hydrogen-bond donors (Lipinski definition) is 2. The lowest BCUT2D eigenvalue weighted by Crippen LogP contribution is -2.27. The Kier molecular flexibility index (Phi) is 4.96. The molecule has 2 aromatic rings. The van der Waals surface area contributed by atoms with Crippen molar-refractivity contribution in [2.75, 3.05) is 13.6 Å². The first-order valence-corrected chi connectivity index (χ1v) is 7.45. The first-order valence-electron chi connectivity index (χ1n) is 7.45. The summed E-state index contributed by atoms with van der Waals surface area (Å²) in [7, 11) is 1.95. The third-order valence-electron chi connectivity index (χ3n) is 3.89. The van der Waals surface area contributed by atoms with Crippen molar-refractivity contribution in [3.05, 3.63) is 29.6 Å². The van der Waals surface area contributed by atoms with Crippen LogP contribution in [0.15, 0.2) is 18.2 Å². The Labute approximate surface area is 125 Å². The van der Waals surface area contributed by atoms with Crippen molar-refractivity contribution in [2.24, 2.45) is 0 Å². The number of rotatable bonds is 7. The quantitative estimate of drug-likeness (QED) is 0.822. The molecule has 0 saturated heterocycles. The molecule has 0 aliphatic heterocycles. The fraction of sp³-hybridized carbons (Fsp3) is 0.500. The van der Waals surface area contributed by atoms with Crippen molar-refractivity contribution < 1.29 is 9.90 Å². The fourth-order valence-electron chi connectivity index (χ4n) is 2.60. The average molecular weight is 289 g/mol. The van der Waals surface area contributed by atoms with Crippen molar-refractivity contribution >= 4 is 17.0 Å². The van der Waals surface area contributed by atoms with Gasteiger partial charge < -0.3 is 10.1 Å². The van der Waals surface area contributed by atoms with Gasteiger partial charge in [-0.3, -0.25) is 9.69 Å².